The van der Waals surface area contributed by atoms with Gasteiger partial charge in [0.05, 0.1) is 0 Å². The molecule has 3 heteroatoms. The number of hydrogen-bond donors (Lipinski definition) is 1. The first-order valence-electron chi connectivity index (χ1n) is 4.22. The van der Waals surface area contributed by atoms with Crippen LogP contribution in [0.4, 0.5) is 4.79 Å². The molecule has 0 aromatic carbocycles. The molecule has 3 nitrogen and oxygen atoms in total. The van der Waals surface area contributed by atoms with Crippen molar-refractivity contribution >= 4 is 6.03 Å². The Kier molecular flexibility index (Phi) is 5.61. The Labute approximate surface area is 68.8 Å². The zero-order chi connectivity index (χ0) is 8.69. The summed E-state index contributed by atoms with van der Waals surface area (Å²) < 4.78 is 0. The lowest BCUT2D eigenvalue weighted by atomic mass is 10.3. The molecular formula is C8H18N2O. The van der Waals surface area contributed by atoms with Gasteiger partial charge in [0.2, 0.25) is 0 Å². The number of urea groups is 1. The van der Waals surface area contributed by atoms with Gasteiger partial charge in [0, 0.05) is 20.1 Å². The molecule has 1 N–H and O–H groups in total. The van der Waals surface area contributed by atoms with Gasteiger partial charge < -0.3 is 10.2 Å². The molecule has 11 heavy (non-hydrogen) atoms. The SMILES string of the molecule is CCCCN(CC)C(=O)NC. The number of carbonyl (C=O) groups is 1. The zero-order valence-corrected chi connectivity index (χ0v) is 7.68. The van der Waals surface area contributed by atoms with E-state index in [1.807, 2.05) is 11.8 Å². The van der Waals surface area contributed by atoms with Gasteiger partial charge in [0.15, 0.2) is 0 Å². The van der Waals surface area contributed by atoms with Crippen molar-refractivity contribution in [1.82, 2.24) is 10.2 Å². The fourth-order valence-electron chi connectivity index (χ4n) is 0.910. The molecule has 0 aromatic heterocycles. The smallest absolute Gasteiger partial charge is 0.317 e. The lowest BCUT2D eigenvalue weighted by Gasteiger charge is -2.19. The van der Waals surface area contributed by atoms with Gasteiger partial charge in [-0.2, -0.15) is 0 Å². The summed E-state index contributed by atoms with van der Waals surface area (Å²) in [5, 5.41) is 2.61. The number of rotatable bonds is 4. The highest BCUT2D eigenvalue weighted by Crippen LogP contribution is 1.94. The van der Waals surface area contributed by atoms with Crippen LogP contribution in [0.1, 0.15) is 26.7 Å². The topological polar surface area (TPSA) is 32.3 Å². The fraction of sp³-hybridized carbons (Fsp3) is 0.875. The predicted octanol–water partition coefficient (Wildman–Crippen LogP) is 1.45. The van der Waals surface area contributed by atoms with Gasteiger partial charge in [0.1, 0.15) is 0 Å². The van der Waals surface area contributed by atoms with Crippen molar-refractivity contribution in [3.63, 3.8) is 0 Å². The van der Waals surface area contributed by atoms with E-state index in [4.69, 9.17) is 0 Å². The molecule has 0 rings (SSSR count). The maximum atomic E-state index is 11.1. The molecule has 0 aliphatic carbocycles. The molecule has 0 heterocycles. The van der Waals surface area contributed by atoms with E-state index in [1.54, 1.807) is 7.05 Å². The normalized spacial score (nSPS) is 9.36. The first kappa shape index (κ1) is 10.3. The van der Waals surface area contributed by atoms with Crippen molar-refractivity contribution in [3.05, 3.63) is 0 Å². The van der Waals surface area contributed by atoms with Crippen molar-refractivity contribution < 1.29 is 4.79 Å². The molecule has 0 bridgehead atoms. The lowest BCUT2D eigenvalue weighted by molar-refractivity contribution is 0.202. The van der Waals surface area contributed by atoms with Gasteiger partial charge in [-0.25, -0.2) is 4.79 Å². The molecule has 0 saturated carbocycles. The summed E-state index contributed by atoms with van der Waals surface area (Å²) in [5.41, 5.74) is 0. The summed E-state index contributed by atoms with van der Waals surface area (Å²) in [5.74, 6) is 0. The van der Waals surface area contributed by atoms with Crippen LogP contribution in [-0.4, -0.2) is 31.1 Å². The third-order valence-electron chi connectivity index (χ3n) is 1.66. The van der Waals surface area contributed by atoms with Crippen LogP contribution >= 0.6 is 0 Å². The van der Waals surface area contributed by atoms with Crippen molar-refractivity contribution in [1.29, 1.82) is 0 Å². The summed E-state index contributed by atoms with van der Waals surface area (Å²) in [6.07, 6.45) is 2.22. The molecule has 0 saturated heterocycles. The lowest BCUT2D eigenvalue weighted by Crippen LogP contribution is -2.38. The van der Waals surface area contributed by atoms with E-state index in [1.165, 1.54) is 0 Å². The summed E-state index contributed by atoms with van der Waals surface area (Å²) >= 11 is 0. The van der Waals surface area contributed by atoms with Crippen LogP contribution in [0.2, 0.25) is 0 Å². The number of carbonyl (C=O) groups excluding carboxylic acids is 1. The molecule has 0 radical (unpaired) electrons. The quantitative estimate of drug-likeness (QED) is 0.660. The van der Waals surface area contributed by atoms with Crippen molar-refractivity contribution in [3.8, 4) is 0 Å². The van der Waals surface area contributed by atoms with Crippen LogP contribution in [0.5, 0.6) is 0 Å². The Hall–Kier alpha value is -0.730. The number of unbranched alkanes of at least 4 members (excludes halogenated alkanes) is 1. The van der Waals surface area contributed by atoms with E-state index in [-0.39, 0.29) is 6.03 Å². The number of nitrogens with one attached hydrogen (secondary N) is 1. The maximum absolute atomic E-state index is 11.1. The maximum Gasteiger partial charge on any atom is 0.317 e. The zero-order valence-electron chi connectivity index (χ0n) is 7.68. The average Bonchev–Trinajstić information content (AvgIpc) is 2.05. The van der Waals surface area contributed by atoms with Crippen molar-refractivity contribution in [2.45, 2.75) is 26.7 Å². The summed E-state index contributed by atoms with van der Waals surface area (Å²) in [7, 11) is 1.66. The molecule has 0 unspecified atom stereocenters. The van der Waals surface area contributed by atoms with E-state index in [0.29, 0.717) is 0 Å². The van der Waals surface area contributed by atoms with Gasteiger partial charge in [-0.15, -0.1) is 0 Å². The second-order valence-corrected chi connectivity index (χ2v) is 2.49. The summed E-state index contributed by atoms with van der Waals surface area (Å²) in [4.78, 5) is 12.9. The van der Waals surface area contributed by atoms with Crippen LogP contribution in [0.3, 0.4) is 0 Å². The Balaban J connectivity index is 3.65. The molecule has 0 fully saturated rings. The molecule has 0 atom stereocenters. The Morgan fingerprint density at radius 3 is 2.45 bits per heavy atom. The van der Waals surface area contributed by atoms with Gasteiger partial charge in [-0.05, 0) is 13.3 Å². The van der Waals surface area contributed by atoms with Gasteiger partial charge in [0.25, 0.3) is 0 Å². The highest BCUT2D eigenvalue weighted by Gasteiger charge is 2.06. The standard InChI is InChI=1S/C8H18N2O/c1-4-6-7-10(5-2)8(11)9-3/h4-7H2,1-3H3,(H,9,11). The van der Waals surface area contributed by atoms with Gasteiger partial charge in [-0.3, -0.25) is 0 Å². The van der Waals surface area contributed by atoms with E-state index in [2.05, 4.69) is 12.2 Å². The Bertz CT molecular complexity index is 115. The summed E-state index contributed by atoms with van der Waals surface area (Å²) in [6.45, 7) is 5.77. The van der Waals surface area contributed by atoms with E-state index in [0.717, 1.165) is 25.9 Å². The summed E-state index contributed by atoms with van der Waals surface area (Å²) in [6, 6.07) is 0.0287. The molecule has 2 amide bonds. The minimum Gasteiger partial charge on any atom is -0.341 e. The monoisotopic (exact) mass is 158 g/mol. The first-order chi connectivity index (χ1) is 5.26. The highest BCUT2D eigenvalue weighted by atomic mass is 16.2. The molecule has 0 aromatic rings. The molecular weight excluding hydrogens is 140 g/mol. The fourth-order valence-corrected chi connectivity index (χ4v) is 0.910. The van der Waals surface area contributed by atoms with Crippen LogP contribution in [0.25, 0.3) is 0 Å². The van der Waals surface area contributed by atoms with Gasteiger partial charge >= 0.3 is 6.03 Å². The van der Waals surface area contributed by atoms with Crippen molar-refractivity contribution in [2.24, 2.45) is 0 Å². The average molecular weight is 158 g/mol. The third kappa shape index (κ3) is 3.86. The number of hydrogen-bond acceptors (Lipinski definition) is 1. The van der Waals surface area contributed by atoms with Crippen LogP contribution < -0.4 is 5.32 Å². The molecule has 66 valence electrons. The minimum absolute atomic E-state index is 0.0287. The van der Waals surface area contributed by atoms with Crippen LogP contribution in [-0.2, 0) is 0 Å². The predicted molar refractivity (Wildman–Crippen MR) is 46.6 cm³/mol. The van der Waals surface area contributed by atoms with Crippen LogP contribution in [0, 0.1) is 0 Å². The third-order valence-corrected chi connectivity index (χ3v) is 1.66. The number of amides is 2. The highest BCUT2D eigenvalue weighted by molar-refractivity contribution is 5.73. The largest absolute Gasteiger partial charge is 0.341 e. The van der Waals surface area contributed by atoms with Gasteiger partial charge in [-0.1, -0.05) is 13.3 Å². The minimum atomic E-state index is 0.0287. The molecule has 0 aliphatic heterocycles. The van der Waals surface area contributed by atoms with Crippen molar-refractivity contribution in [2.75, 3.05) is 20.1 Å². The Morgan fingerprint density at radius 1 is 1.45 bits per heavy atom. The second kappa shape index (κ2) is 6.01. The van der Waals surface area contributed by atoms with E-state index in [9.17, 15) is 4.79 Å². The van der Waals surface area contributed by atoms with Crippen LogP contribution in [0.15, 0.2) is 0 Å². The first-order valence-corrected chi connectivity index (χ1v) is 4.22. The van der Waals surface area contributed by atoms with E-state index >= 15 is 0 Å². The molecule has 0 aliphatic rings. The van der Waals surface area contributed by atoms with E-state index < -0.39 is 0 Å². The Morgan fingerprint density at radius 2 is 2.09 bits per heavy atom. The second-order valence-electron chi connectivity index (χ2n) is 2.49. The number of nitrogens with zero attached hydrogens (tertiary/aromatic N) is 1. The molecule has 0 spiro atoms.